The van der Waals surface area contributed by atoms with Gasteiger partial charge in [0.2, 0.25) is 17.3 Å². The fourth-order valence-electron chi connectivity index (χ4n) is 1.01. The number of nitrogens with one attached hydrogen (secondary N) is 1. The molecule has 0 saturated heterocycles. The number of hydrogen-bond donors (Lipinski definition) is 1. The molecule has 0 spiro atoms. The van der Waals surface area contributed by atoms with E-state index >= 15 is 0 Å². The van der Waals surface area contributed by atoms with Gasteiger partial charge in [0, 0.05) is 0 Å². The lowest BCUT2D eigenvalue weighted by Crippen LogP contribution is -2.35. The summed E-state index contributed by atoms with van der Waals surface area (Å²) in [6.45, 7) is 1.96. The van der Waals surface area contributed by atoms with Gasteiger partial charge >= 0.3 is 0 Å². The van der Waals surface area contributed by atoms with E-state index in [0.717, 1.165) is 12.7 Å². The van der Waals surface area contributed by atoms with Crippen LogP contribution in [-0.4, -0.2) is 26.8 Å². The molecule has 1 aliphatic carbocycles. The van der Waals surface area contributed by atoms with Crippen LogP contribution in [0.2, 0.25) is 6.32 Å². The van der Waals surface area contributed by atoms with Crippen molar-refractivity contribution < 1.29 is 13.2 Å². The predicted octanol–water partition coefficient (Wildman–Crippen LogP) is 0.453. The van der Waals surface area contributed by atoms with Crippen LogP contribution < -0.4 is 4.72 Å². The summed E-state index contributed by atoms with van der Waals surface area (Å²) in [5.41, 5.74) is 0. The summed E-state index contributed by atoms with van der Waals surface area (Å²) >= 11 is 0. The summed E-state index contributed by atoms with van der Waals surface area (Å²) in [5.74, 6) is -0.367. The third-order valence-corrected chi connectivity index (χ3v) is 3.84. The Balaban J connectivity index is 2.34. The second-order valence-corrected chi connectivity index (χ2v) is 5.33. The zero-order chi connectivity index (χ0) is 9.90. The molecule has 0 aromatic carbocycles. The van der Waals surface area contributed by atoms with Crippen molar-refractivity contribution in [2.45, 2.75) is 37.8 Å². The minimum absolute atomic E-state index is 0.307. The highest BCUT2D eigenvalue weighted by molar-refractivity contribution is 7.91. The second-order valence-electron chi connectivity index (χ2n) is 3.37. The van der Waals surface area contributed by atoms with Crippen molar-refractivity contribution in [1.29, 1.82) is 0 Å². The lowest BCUT2D eigenvalue weighted by atomic mass is 9.73. The van der Waals surface area contributed by atoms with Gasteiger partial charge < -0.3 is 0 Å². The minimum Gasteiger partial charge on any atom is -0.287 e. The highest BCUT2D eigenvalue weighted by Gasteiger charge is 2.36. The highest BCUT2D eigenvalue weighted by Crippen LogP contribution is 2.27. The van der Waals surface area contributed by atoms with Crippen molar-refractivity contribution in [3.05, 3.63) is 0 Å². The molecule has 1 N–H and O–H groups in total. The fourth-order valence-corrected chi connectivity index (χ4v) is 2.35. The molecule has 4 nitrogen and oxygen atoms in total. The van der Waals surface area contributed by atoms with Crippen molar-refractivity contribution in [1.82, 2.24) is 4.72 Å². The monoisotopic (exact) mass is 203 g/mol. The van der Waals surface area contributed by atoms with Gasteiger partial charge in [-0.1, -0.05) is 19.7 Å². The maximum Gasteiger partial charge on any atom is 0.237 e. The number of hydrogen-bond acceptors (Lipinski definition) is 3. The lowest BCUT2D eigenvalue weighted by molar-refractivity contribution is 0.263. The Hall–Kier alpha value is -0.515. The first kappa shape index (κ1) is 10.6. The molecular formula is C7H14BNO3S. The Morgan fingerprint density at radius 3 is 2.62 bits per heavy atom. The first-order valence-electron chi connectivity index (χ1n) is 4.60. The SMILES string of the molecule is CCCBC(=O)NS(=O)(=O)C1CC1. The molecule has 1 aliphatic rings. The molecule has 1 saturated carbocycles. The van der Waals surface area contributed by atoms with E-state index in [2.05, 4.69) is 4.72 Å². The van der Waals surface area contributed by atoms with Crippen molar-refractivity contribution >= 4 is 23.1 Å². The molecular weight excluding hydrogens is 189 g/mol. The van der Waals surface area contributed by atoms with Crippen LogP contribution in [0.15, 0.2) is 0 Å². The third-order valence-electron chi connectivity index (χ3n) is 1.98. The normalized spacial score (nSPS) is 16.7. The van der Waals surface area contributed by atoms with Gasteiger partial charge in [0.15, 0.2) is 5.81 Å². The Labute approximate surface area is 79.4 Å². The van der Waals surface area contributed by atoms with Crippen molar-refractivity contribution in [2.24, 2.45) is 0 Å². The van der Waals surface area contributed by atoms with Gasteiger partial charge in [0.1, 0.15) is 0 Å². The van der Waals surface area contributed by atoms with E-state index in [4.69, 9.17) is 0 Å². The molecule has 0 aromatic heterocycles. The second kappa shape index (κ2) is 4.13. The number of carbonyl (C=O) groups is 1. The van der Waals surface area contributed by atoms with Gasteiger partial charge in [0.05, 0.1) is 5.25 Å². The average Bonchev–Trinajstić information content (AvgIpc) is 2.81. The maximum atomic E-state index is 11.2. The fraction of sp³-hybridized carbons (Fsp3) is 0.857. The summed E-state index contributed by atoms with van der Waals surface area (Å²) in [6, 6.07) is 0. The van der Waals surface area contributed by atoms with E-state index in [9.17, 15) is 13.2 Å². The summed E-state index contributed by atoms with van der Waals surface area (Å²) in [7, 11) is -3.01. The molecule has 1 fully saturated rings. The molecule has 13 heavy (non-hydrogen) atoms. The number of amides is 1. The lowest BCUT2D eigenvalue weighted by Gasteiger charge is -2.03. The van der Waals surface area contributed by atoms with Crippen LogP contribution in [0.5, 0.6) is 0 Å². The Morgan fingerprint density at radius 1 is 1.54 bits per heavy atom. The molecule has 0 unspecified atom stereocenters. The van der Waals surface area contributed by atoms with E-state index in [1.54, 1.807) is 0 Å². The maximum absolute atomic E-state index is 11.2. The van der Waals surface area contributed by atoms with E-state index in [-0.39, 0.29) is 11.1 Å². The number of sulfonamides is 1. The standard InChI is InChI=1S/C7H14BNO3S/c1-2-5-8-7(10)9-13(11,12)6-3-4-6/h6,8H,2-5H2,1H3,(H,9,10). The molecule has 1 amide bonds. The van der Waals surface area contributed by atoms with Crippen LogP contribution in [0.4, 0.5) is 4.79 Å². The summed E-state index contributed by atoms with van der Waals surface area (Å²) in [6.07, 6.45) is 3.02. The predicted molar refractivity (Wildman–Crippen MR) is 52.7 cm³/mol. The summed E-state index contributed by atoms with van der Waals surface area (Å²) in [5, 5.41) is -0.307. The van der Waals surface area contributed by atoms with Gasteiger partial charge in [-0.15, -0.1) is 0 Å². The summed E-state index contributed by atoms with van der Waals surface area (Å²) in [4.78, 5) is 11.1. The molecule has 0 atom stereocenters. The Morgan fingerprint density at radius 2 is 2.15 bits per heavy atom. The largest absolute Gasteiger partial charge is 0.287 e. The summed E-state index contributed by atoms with van der Waals surface area (Å²) < 4.78 is 24.6. The van der Waals surface area contributed by atoms with E-state index in [1.165, 1.54) is 0 Å². The van der Waals surface area contributed by atoms with Gasteiger partial charge in [-0.3, -0.25) is 9.52 Å². The number of rotatable bonds is 5. The van der Waals surface area contributed by atoms with Crippen LogP contribution >= 0.6 is 0 Å². The van der Waals surface area contributed by atoms with Crippen LogP contribution in [-0.2, 0) is 10.0 Å². The average molecular weight is 203 g/mol. The smallest absolute Gasteiger partial charge is 0.237 e. The van der Waals surface area contributed by atoms with Gasteiger partial charge in [-0.25, -0.2) is 8.42 Å². The first-order valence-corrected chi connectivity index (χ1v) is 6.15. The zero-order valence-corrected chi connectivity index (χ0v) is 8.56. The van der Waals surface area contributed by atoms with Gasteiger partial charge in [-0.2, -0.15) is 0 Å². The van der Waals surface area contributed by atoms with Gasteiger partial charge in [0.25, 0.3) is 0 Å². The zero-order valence-electron chi connectivity index (χ0n) is 7.75. The molecule has 74 valence electrons. The molecule has 0 aliphatic heterocycles. The van der Waals surface area contributed by atoms with Crippen LogP contribution in [0.25, 0.3) is 0 Å². The van der Waals surface area contributed by atoms with E-state index in [1.807, 2.05) is 6.92 Å². The van der Waals surface area contributed by atoms with Crippen LogP contribution in [0, 0.1) is 0 Å². The van der Waals surface area contributed by atoms with E-state index in [0.29, 0.717) is 20.1 Å². The van der Waals surface area contributed by atoms with Crippen molar-refractivity contribution in [3.63, 3.8) is 0 Å². The third kappa shape index (κ3) is 3.38. The van der Waals surface area contributed by atoms with Crippen molar-refractivity contribution in [3.8, 4) is 0 Å². The first-order chi connectivity index (χ1) is 6.06. The van der Waals surface area contributed by atoms with Crippen LogP contribution in [0.3, 0.4) is 0 Å². The molecule has 0 heterocycles. The van der Waals surface area contributed by atoms with Crippen LogP contribution in [0.1, 0.15) is 26.2 Å². The van der Waals surface area contributed by atoms with Crippen molar-refractivity contribution in [2.75, 3.05) is 0 Å². The quantitative estimate of drug-likeness (QED) is 0.660. The molecule has 6 heteroatoms. The van der Waals surface area contributed by atoms with Gasteiger partial charge in [-0.05, 0) is 12.8 Å². The van der Waals surface area contributed by atoms with E-state index < -0.39 is 10.0 Å². The molecule has 0 bridgehead atoms. The molecule has 0 radical (unpaired) electrons. The molecule has 1 rings (SSSR count). The Kier molecular flexibility index (Phi) is 3.36. The minimum atomic E-state index is -3.32. The number of carbonyl (C=O) groups excluding carboxylic acids is 1. The topological polar surface area (TPSA) is 63.2 Å². The highest BCUT2D eigenvalue weighted by atomic mass is 32.2. The molecule has 0 aromatic rings. The Bertz CT molecular complexity index is 284.